The van der Waals surface area contributed by atoms with Crippen LogP contribution in [-0.4, -0.2) is 45.4 Å². The molecule has 1 heterocycles. The van der Waals surface area contributed by atoms with Gasteiger partial charge in [-0.15, -0.1) is 0 Å². The van der Waals surface area contributed by atoms with Gasteiger partial charge < -0.3 is 15.8 Å². The molecule has 1 atom stereocenters. The van der Waals surface area contributed by atoms with Crippen molar-refractivity contribution < 1.29 is 17.9 Å². The second-order valence-corrected chi connectivity index (χ2v) is 10.1. The van der Waals surface area contributed by atoms with E-state index in [0.29, 0.717) is 36.9 Å². The summed E-state index contributed by atoms with van der Waals surface area (Å²) in [6, 6.07) is -0.232. The lowest BCUT2D eigenvalue weighted by Crippen LogP contribution is -2.38. The molecule has 1 aliphatic heterocycles. The number of likely N-dealkylation sites (N-methyl/N-ethyl adjacent to an activating group) is 1. The van der Waals surface area contributed by atoms with Gasteiger partial charge in [0.2, 0.25) is 5.96 Å². The molecule has 0 saturated carbocycles. The van der Waals surface area contributed by atoms with E-state index in [1.54, 1.807) is 20.9 Å². The Morgan fingerprint density at radius 2 is 1.87 bits per heavy atom. The smallest absolute Gasteiger partial charge is 0.264 e. The predicted octanol–water partition coefficient (Wildman–Crippen LogP) is 1.88. The van der Waals surface area contributed by atoms with Crippen molar-refractivity contribution in [2.24, 2.45) is 10.7 Å². The van der Waals surface area contributed by atoms with E-state index in [2.05, 4.69) is 15.0 Å². The van der Waals surface area contributed by atoms with Gasteiger partial charge in [-0.05, 0) is 78.1 Å². The largest absolute Gasteiger partial charge is 0.487 e. The molecule has 8 nitrogen and oxygen atoms in total. The molecule has 0 aliphatic carbocycles. The maximum atomic E-state index is 13.1. The number of ether oxygens (including phenoxy) is 1. The predicted molar refractivity (Wildman–Crippen MR) is 119 cm³/mol. The van der Waals surface area contributed by atoms with Crippen molar-refractivity contribution in [1.29, 1.82) is 0 Å². The topological polar surface area (TPSA) is 123 Å². The first-order valence-electron chi connectivity index (χ1n) is 10.1. The number of carbonyl (C=O) groups is 1. The Hall–Kier alpha value is -2.13. The number of guanidine groups is 1. The van der Waals surface area contributed by atoms with Gasteiger partial charge in [0, 0.05) is 18.5 Å². The number of rotatable bonds is 8. The minimum absolute atomic E-state index is 0.0558. The van der Waals surface area contributed by atoms with Crippen molar-refractivity contribution in [3.8, 4) is 5.75 Å². The van der Waals surface area contributed by atoms with Gasteiger partial charge in [0.1, 0.15) is 17.1 Å². The molecule has 0 unspecified atom stereocenters. The van der Waals surface area contributed by atoms with E-state index in [-0.39, 0.29) is 28.3 Å². The fourth-order valence-electron chi connectivity index (χ4n) is 3.91. The van der Waals surface area contributed by atoms with Crippen LogP contribution in [0.15, 0.2) is 9.89 Å². The summed E-state index contributed by atoms with van der Waals surface area (Å²) in [7, 11) is -2.17. The van der Waals surface area contributed by atoms with Gasteiger partial charge in [0.05, 0.1) is 10.9 Å². The van der Waals surface area contributed by atoms with Gasteiger partial charge in [-0.3, -0.25) is 9.79 Å². The zero-order valence-corrected chi connectivity index (χ0v) is 19.8. The van der Waals surface area contributed by atoms with E-state index in [4.69, 9.17) is 10.5 Å². The molecule has 2 rings (SSSR count). The van der Waals surface area contributed by atoms with Crippen LogP contribution in [0.5, 0.6) is 5.75 Å². The fourth-order valence-corrected chi connectivity index (χ4v) is 5.44. The summed E-state index contributed by atoms with van der Waals surface area (Å²) < 4.78 is 34.7. The molecular weight excluding hydrogens is 404 g/mol. The SMILES string of the molecule is CN[C@@H](CCCN=C(N)NS(=O)(=O)c1c(C)c(C)c2c(c1C)CC(C)(C)O2)C(C)=O. The van der Waals surface area contributed by atoms with Crippen molar-refractivity contribution in [3.05, 3.63) is 22.3 Å². The molecule has 0 amide bonds. The van der Waals surface area contributed by atoms with Crippen molar-refractivity contribution >= 4 is 21.8 Å². The highest BCUT2D eigenvalue weighted by atomic mass is 32.2. The summed E-state index contributed by atoms with van der Waals surface area (Å²) >= 11 is 0. The molecule has 1 aromatic rings. The Bertz CT molecular complexity index is 968. The Labute approximate surface area is 179 Å². The summed E-state index contributed by atoms with van der Waals surface area (Å²) in [5.74, 6) is 0.674. The number of hydrogen-bond acceptors (Lipinski definition) is 6. The zero-order valence-electron chi connectivity index (χ0n) is 19.0. The lowest BCUT2D eigenvalue weighted by molar-refractivity contribution is -0.119. The quantitative estimate of drug-likeness (QED) is 0.323. The third-order valence-corrected chi connectivity index (χ3v) is 7.20. The Kier molecular flexibility index (Phi) is 7.19. The number of sulfonamides is 1. The van der Waals surface area contributed by atoms with E-state index in [9.17, 15) is 13.2 Å². The summed E-state index contributed by atoms with van der Waals surface area (Å²) in [5.41, 5.74) is 8.54. The first-order valence-corrected chi connectivity index (χ1v) is 11.6. The van der Waals surface area contributed by atoms with Crippen LogP contribution in [0.4, 0.5) is 0 Å². The van der Waals surface area contributed by atoms with Crippen LogP contribution < -0.4 is 20.5 Å². The number of Topliss-reactive ketones (excluding diaryl/α,β-unsaturated/α-hetero) is 1. The van der Waals surface area contributed by atoms with Crippen molar-refractivity contribution in [3.63, 3.8) is 0 Å². The van der Waals surface area contributed by atoms with E-state index in [1.807, 2.05) is 20.8 Å². The van der Waals surface area contributed by atoms with Gasteiger partial charge in [0.25, 0.3) is 10.0 Å². The zero-order chi connectivity index (χ0) is 22.9. The average Bonchev–Trinajstić information content (AvgIpc) is 2.95. The molecule has 0 radical (unpaired) electrons. The van der Waals surface area contributed by atoms with Crippen LogP contribution in [0.25, 0.3) is 0 Å². The number of fused-ring (bicyclic) bond motifs is 1. The molecule has 9 heteroatoms. The third kappa shape index (κ3) is 5.13. The molecule has 0 saturated heterocycles. The van der Waals surface area contributed by atoms with Crippen molar-refractivity contribution in [2.45, 2.75) is 77.3 Å². The number of carbonyl (C=O) groups excluding carboxylic acids is 1. The lowest BCUT2D eigenvalue weighted by Gasteiger charge is -2.19. The molecule has 1 aromatic carbocycles. The Morgan fingerprint density at radius 3 is 2.43 bits per heavy atom. The van der Waals surface area contributed by atoms with Gasteiger partial charge in [-0.1, -0.05) is 0 Å². The number of benzene rings is 1. The van der Waals surface area contributed by atoms with Crippen molar-refractivity contribution in [2.75, 3.05) is 13.6 Å². The van der Waals surface area contributed by atoms with E-state index < -0.39 is 10.0 Å². The standard InChI is InChI=1S/C21H34N4O4S/c1-12-13(2)19(14(3)16-11-21(5,6)29-18(12)16)30(27,28)25-20(22)24-10-8-9-17(23-7)15(4)26/h17,23H,8-11H2,1-7H3,(H3,22,24,25)/t17-/m0/s1. The summed E-state index contributed by atoms with van der Waals surface area (Å²) in [6.45, 7) is 11.3. The van der Waals surface area contributed by atoms with Crippen LogP contribution in [0.3, 0.4) is 0 Å². The van der Waals surface area contributed by atoms with Gasteiger partial charge >= 0.3 is 0 Å². The fraction of sp³-hybridized carbons (Fsp3) is 0.619. The Morgan fingerprint density at radius 1 is 1.23 bits per heavy atom. The number of hydrogen-bond donors (Lipinski definition) is 3. The number of nitrogens with zero attached hydrogens (tertiary/aromatic N) is 1. The molecule has 0 fully saturated rings. The normalized spacial score (nSPS) is 16.7. The molecule has 4 N–H and O–H groups in total. The maximum Gasteiger partial charge on any atom is 0.264 e. The van der Waals surface area contributed by atoms with Gasteiger partial charge in [-0.2, -0.15) is 0 Å². The molecule has 1 aliphatic rings. The van der Waals surface area contributed by atoms with E-state index in [0.717, 1.165) is 16.9 Å². The van der Waals surface area contributed by atoms with Crippen molar-refractivity contribution in [1.82, 2.24) is 10.0 Å². The lowest BCUT2D eigenvalue weighted by atomic mass is 9.94. The van der Waals surface area contributed by atoms with Crippen LogP contribution >= 0.6 is 0 Å². The third-order valence-electron chi connectivity index (χ3n) is 5.57. The van der Waals surface area contributed by atoms with E-state index >= 15 is 0 Å². The summed E-state index contributed by atoms with van der Waals surface area (Å²) in [4.78, 5) is 15.8. The maximum absolute atomic E-state index is 13.1. The van der Waals surface area contributed by atoms with Crippen LogP contribution in [0.1, 0.15) is 55.9 Å². The summed E-state index contributed by atoms with van der Waals surface area (Å²) in [6.07, 6.45) is 1.85. The molecule has 0 bridgehead atoms. The number of aliphatic imine (C=N–C) groups is 1. The first-order chi connectivity index (χ1) is 13.8. The highest BCUT2D eigenvalue weighted by Gasteiger charge is 2.36. The number of nitrogens with one attached hydrogen (secondary N) is 2. The molecule has 0 aromatic heterocycles. The number of nitrogens with two attached hydrogens (primary N) is 1. The second kappa shape index (κ2) is 8.93. The summed E-state index contributed by atoms with van der Waals surface area (Å²) in [5, 5.41) is 2.94. The molecule has 0 spiro atoms. The van der Waals surface area contributed by atoms with Crippen LogP contribution in [0.2, 0.25) is 0 Å². The van der Waals surface area contributed by atoms with E-state index in [1.165, 1.54) is 6.92 Å². The molecule has 30 heavy (non-hydrogen) atoms. The first kappa shape index (κ1) is 24.1. The minimum Gasteiger partial charge on any atom is -0.487 e. The minimum atomic E-state index is -3.90. The average molecular weight is 439 g/mol. The van der Waals surface area contributed by atoms with Crippen LogP contribution in [-0.2, 0) is 21.2 Å². The van der Waals surface area contributed by atoms with Crippen LogP contribution in [0, 0.1) is 20.8 Å². The highest BCUT2D eigenvalue weighted by molar-refractivity contribution is 7.90. The molecule has 168 valence electrons. The molecular formula is C21H34N4O4S. The van der Waals surface area contributed by atoms with Gasteiger partial charge in [-0.25, -0.2) is 13.1 Å². The Balaban J connectivity index is 2.20. The highest BCUT2D eigenvalue weighted by Crippen LogP contribution is 2.43. The monoisotopic (exact) mass is 438 g/mol. The number of ketones is 1. The van der Waals surface area contributed by atoms with Gasteiger partial charge in [0.15, 0.2) is 0 Å². The second-order valence-electron chi connectivity index (χ2n) is 8.52.